The fraction of sp³-hybridized carbons (Fsp3) is 0.500. The van der Waals surface area contributed by atoms with Gasteiger partial charge in [0.2, 0.25) is 5.95 Å². The van der Waals surface area contributed by atoms with E-state index in [1.54, 1.807) is 0 Å². The molecule has 0 atom stereocenters. The molecule has 0 bridgehead atoms. The molecule has 16 heavy (non-hydrogen) atoms. The lowest BCUT2D eigenvalue weighted by Crippen LogP contribution is -2.39. The van der Waals surface area contributed by atoms with Crippen molar-refractivity contribution in [1.82, 2.24) is 9.97 Å². The zero-order chi connectivity index (χ0) is 11.8. The highest BCUT2D eigenvalue weighted by Gasteiger charge is 2.63. The van der Waals surface area contributed by atoms with Crippen LogP contribution < -0.4 is 16.6 Å². The molecule has 0 amide bonds. The third kappa shape index (κ3) is 1.87. The number of rotatable bonds is 3. The highest BCUT2D eigenvalue weighted by Crippen LogP contribution is 2.50. The second kappa shape index (κ2) is 3.48. The summed E-state index contributed by atoms with van der Waals surface area (Å²) in [5.74, 6) is 5.24. The largest absolute Gasteiger partial charge is 0.411 e. The van der Waals surface area contributed by atoms with E-state index in [4.69, 9.17) is 5.84 Å². The van der Waals surface area contributed by atoms with E-state index < -0.39 is 11.7 Å². The minimum Gasteiger partial charge on any atom is -0.356 e. The third-order valence-corrected chi connectivity index (χ3v) is 2.44. The Bertz CT molecular complexity index is 388. The van der Waals surface area contributed by atoms with Gasteiger partial charge in [0.05, 0.1) is 0 Å². The molecular formula is C8H10F3N5. The Hall–Kier alpha value is -1.57. The molecule has 1 fully saturated rings. The summed E-state index contributed by atoms with van der Waals surface area (Å²) in [7, 11) is 0. The first-order valence-electron chi connectivity index (χ1n) is 4.61. The lowest BCUT2D eigenvalue weighted by molar-refractivity contribution is -0.151. The summed E-state index contributed by atoms with van der Waals surface area (Å²) in [6, 6.07) is 1.37. The van der Waals surface area contributed by atoms with E-state index in [-0.39, 0.29) is 24.6 Å². The second-order valence-electron chi connectivity index (χ2n) is 3.61. The molecule has 1 aromatic rings. The van der Waals surface area contributed by atoms with E-state index in [0.717, 1.165) is 0 Å². The highest BCUT2D eigenvalue weighted by atomic mass is 19.4. The summed E-state index contributed by atoms with van der Waals surface area (Å²) in [5.41, 5.74) is 0.343. The van der Waals surface area contributed by atoms with Gasteiger partial charge in [-0.2, -0.15) is 18.2 Å². The Morgan fingerprint density at radius 3 is 2.56 bits per heavy atom. The number of aromatic nitrogens is 2. The van der Waals surface area contributed by atoms with E-state index in [9.17, 15) is 13.2 Å². The van der Waals surface area contributed by atoms with Crippen LogP contribution in [0.1, 0.15) is 12.8 Å². The molecule has 1 aliphatic rings. The SMILES string of the molecule is NNc1nccc(NC2(C(F)(F)F)CC2)n1. The highest BCUT2D eigenvalue weighted by molar-refractivity contribution is 5.44. The average molecular weight is 233 g/mol. The van der Waals surface area contributed by atoms with Crippen LogP contribution in [-0.2, 0) is 0 Å². The van der Waals surface area contributed by atoms with Crippen LogP contribution in [0.5, 0.6) is 0 Å². The number of halogens is 3. The molecule has 0 aromatic carbocycles. The zero-order valence-corrected chi connectivity index (χ0v) is 8.17. The number of nitrogens with one attached hydrogen (secondary N) is 2. The molecule has 0 radical (unpaired) electrons. The molecule has 1 aromatic heterocycles. The molecule has 8 heteroatoms. The summed E-state index contributed by atoms with van der Waals surface area (Å²) in [4.78, 5) is 7.47. The van der Waals surface area contributed by atoms with Crippen molar-refractivity contribution in [3.63, 3.8) is 0 Å². The van der Waals surface area contributed by atoms with Gasteiger partial charge in [0.1, 0.15) is 11.4 Å². The number of hydrazine groups is 1. The van der Waals surface area contributed by atoms with E-state index in [0.29, 0.717) is 0 Å². The summed E-state index contributed by atoms with van der Waals surface area (Å²) in [6.45, 7) is 0. The second-order valence-corrected chi connectivity index (χ2v) is 3.61. The monoisotopic (exact) mass is 233 g/mol. The van der Waals surface area contributed by atoms with Gasteiger partial charge in [-0.05, 0) is 18.9 Å². The number of nitrogen functional groups attached to an aromatic ring is 1. The maximum Gasteiger partial charge on any atom is 0.411 e. The topological polar surface area (TPSA) is 75.9 Å². The van der Waals surface area contributed by atoms with Gasteiger partial charge in [0.15, 0.2) is 0 Å². The van der Waals surface area contributed by atoms with Crippen molar-refractivity contribution in [2.24, 2.45) is 5.84 Å². The number of nitrogens with two attached hydrogens (primary N) is 1. The lowest BCUT2D eigenvalue weighted by Gasteiger charge is -2.21. The van der Waals surface area contributed by atoms with E-state index in [1.807, 2.05) is 0 Å². The number of alkyl halides is 3. The van der Waals surface area contributed by atoms with Crippen LogP contribution in [0.4, 0.5) is 24.9 Å². The van der Waals surface area contributed by atoms with Crippen LogP contribution in [0.15, 0.2) is 12.3 Å². The fourth-order valence-electron chi connectivity index (χ4n) is 1.35. The Morgan fingerprint density at radius 1 is 1.38 bits per heavy atom. The van der Waals surface area contributed by atoms with Crippen molar-refractivity contribution in [3.8, 4) is 0 Å². The normalized spacial score (nSPS) is 18.0. The average Bonchev–Trinajstić information content (AvgIpc) is 2.98. The van der Waals surface area contributed by atoms with Gasteiger partial charge in [-0.25, -0.2) is 10.8 Å². The van der Waals surface area contributed by atoms with Crippen LogP contribution in [-0.4, -0.2) is 21.7 Å². The van der Waals surface area contributed by atoms with Gasteiger partial charge < -0.3 is 5.32 Å². The van der Waals surface area contributed by atoms with Crippen molar-refractivity contribution in [2.75, 3.05) is 10.7 Å². The maximum absolute atomic E-state index is 12.6. The van der Waals surface area contributed by atoms with Gasteiger partial charge >= 0.3 is 6.18 Å². The number of hydrogen-bond donors (Lipinski definition) is 3. The van der Waals surface area contributed by atoms with Crippen LogP contribution >= 0.6 is 0 Å². The molecule has 1 aliphatic carbocycles. The zero-order valence-electron chi connectivity index (χ0n) is 8.17. The molecule has 88 valence electrons. The molecule has 1 heterocycles. The van der Waals surface area contributed by atoms with Crippen LogP contribution in [0, 0.1) is 0 Å². The predicted octanol–water partition coefficient (Wildman–Crippen LogP) is 1.27. The number of nitrogens with zero attached hydrogens (tertiary/aromatic N) is 2. The third-order valence-electron chi connectivity index (χ3n) is 2.44. The fourth-order valence-corrected chi connectivity index (χ4v) is 1.35. The molecule has 4 N–H and O–H groups in total. The van der Waals surface area contributed by atoms with Crippen molar-refractivity contribution in [1.29, 1.82) is 0 Å². The van der Waals surface area contributed by atoms with Crippen LogP contribution in [0.25, 0.3) is 0 Å². The summed E-state index contributed by atoms with van der Waals surface area (Å²) >= 11 is 0. The van der Waals surface area contributed by atoms with Crippen LogP contribution in [0.2, 0.25) is 0 Å². The maximum atomic E-state index is 12.6. The van der Waals surface area contributed by atoms with E-state index in [1.165, 1.54) is 12.3 Å². The summed E-state index contributed by atoms with van der Waals surface area (Å²) < 4.78 is 37.9. The number of anilines is 2. The van der Waals surface area contributed by atoms with Crippen molar-refractivity contribution >= 4 is 11.8 Å². The molecule has 2 rings (SSSR count). The minimum atomic E-state index is -4.27. The number of hydrogen-bond acceptors (Lipinski definition) is 5. The van der Waals surface area contributed by atoms with Gasteiger partial charge in [0.25, 0.3) is 0 Å². The summed E-state index contributed by atoms with van der Waals surface area (Å²) in [6.07, 6.45) is -2.82. The minimum absolute atomic E-state index is 0.0614. The van der Waals surface area contributed by atoms with E-state index in [2.05, 4.69) is 20.7 Å². The Morgan fingerprint density at radius 2 is 2.06 bits per heavy atom. The Kier molecular flexibility index (Phi) is 2.38. The standard InChI is InChI=1S/C8H10F3N5/c9-8(10,11)7(2-3-7)15-5-1-4-13-6(14-5)16-12/h1,4H,2-3,12H2,(H2,13,14,15,16). The van der Waals surface area contributed by atoms with Crippen molar-refractivity contribution in [3.05, 3.63) is 12.3 Å². The molecule has 5 nitrogen and oxygen atoms in total. The van der Waals surface area contributed by atoms with Gasteiger partial charge in [-0.3, -0.25) is 5.43 Å². The lowest BCUT2D eigenvalue weighted by atomic mass is 10.2. The molecule has 0 unspecified atom stereocenters. The van der Waals surface area contributed by atoms with E-state index >= 15 is 0 Å². The first kappa shape index (κ1) is 10.9. The smallest absolute Gasteiger partial charge is 0.356 e. The van der Waals surface area contributed by atoms with Crippen LogP contribution in [0.3, 0.4) is 0 Å². The Balaban J connectivity index is 2.15. The van der Waals surface area contributed by atoms with Gasteiger partial charge in [-0.15, -0.1) is 0 Å². The van der Waals surface area contributed by atoms with Crippen molar-refractivity contribution < 1.29 is 13.2 Å². The molecule has 0 saturated heterocycles. The molecule has 0 spiro atoms. The predicted molar refractivity (Wildman–Crippen MR) is 51.5 cm³/mol. The first-order valence-corrected chi connectivity index (χ1v) is 4.61. The van der Waals surface area contributed by atoms with Gasteiger partial charge in [0, 0.05) is 6.20 Å². The summed E-state index contributed by atoms with van der Waals surface area (Å²) in [5, 5.41) is 2.37. The quantitative estimate of drug-likeness (QED) is 0.541. The Labute approximate surface area is 89.2 Å². The van der Waals surface area contributed by atoms with Crippen molar-refractivity contribution in [2.45, 2.75) is 24.6 Å². The van der Waals surface area contributed by atoms with Gasteiger partial charge in [-0.1, -0.05) is 0 Å². The molecule has 0 aliphatic heterocycles. The molecular weight excluding hydrogens is 223 g/mol. The first-order chi connectivity index (χ1) is 7.47. The molecule has 1 saturated carbocycles.